The van der Waals surface area contributed by atoms with Gasteiger partial charge in [0.25, 0.3) is 0 Å². The number of hydrogen-bond acceptors (Lipinski definition) is 3. The fourth-order valence-corrected chi connectivity index (χ4v) is 1.71. The smallest absolute Gasteiger partial charge is 0.416 e. The molecule has 0 saturated heterocycles. The number of allylic oxidation sites excluding steroid dienone is 1. The summed E-state index contributed by atoms with van der Waals surface area (Å²) in [6.07, 6.45) is -4.66. The summed E-state index contributed by atoms with van der Waals surface area (Å²) < 4.78 is 43.7. The van der Waals surface area contributed by atoms with Crippen LogP contribution in [0.1, 0.15) is 43.6 Å². The van der Waals surface area contributed by atoms with E-state index in [0.29, 0.717) is 0 Å². The van der Waals surface area contributed by atoms with Gasteiger partial charge in [-0.25, -0.2) is 4.79 Å². The van der Waals surface area contributed by atoms with Crippen LogP contribution in [0, 0.1) is 5.41 Å². The average molecular weight is 343 g/mol. The minimum absolute atomic E-state index is 0.0415. The van der Waals surface area contributed by atoms with Gasteiger partial charge >= 0.3 is 12.1 Å². The molecule has 132 valence electrons. The van der Waals surface area contributed by atoms with E-state index in [1.54, 1.807) is 27.7 Å². The van der Waals surface area contributed by atoms with Gasteiger partial charge < -0.3 is 10.1 Å². The lowest BCUT2D eigenvalue weighted by Gasteiger charge is -2.21. The number of carbonyl (C=O) groups excluding carboxylic acids is 2. The third kappa shape index (κ3) is 4.84. The van der Waals surface area contributed by atoms with Crippen LogP contribution in [0.5, 0.6) is 0 Å². The highest BCUT2D eigenvalue weighted by atomic mass is 19.4. The largest absolute Gasteiger partial charge is 0.462 e. The molecule has 1 rings (SSSR count). The molecule has 1 N–H and O–H groups in total. The van der Waals surface area contributed by atoms with Gasteiger partial charge in [0.05, 0.1) is 17.7 Å². The van der Waals surface area contributed by atoms with Crippen LogP contribution >= 0.6 is 0 Å². The van der Waals surface area contributed by atoms with Crippen molar-refractivity contribution in [2.45, 2.75) is 33.9 Å². The molecule has 0 heterocycles. The van der Waals surface area contributed by atoms with Crippen LogP contribution in [0.3, 0.4) is 0 Å². The van der Waals surface area contributed by atoms with Crippen molar-refractivity contribution in [3.8, 4) is 0 Å². The lowest BCUT2D eigenvalue weighted by atomic mass is 9.94. The second kappa shape index (κ2) is 7.07. The number of anilines is 1. The monoisotopic (exact) mass is 343 g/mol. The quantitative estimate of drug-likeness (QED) is 0.823. The van der Waals surface area contributed by atoms with Crippen molar-refractivity contribution in [1.29, 1.82) is 0 Å². The zero-order valence-electron chi connectivity index (χ0n) is 14.0. The maximum absolute atomic E-state index is 13.0. The number of halogens is 3. The molecule has 0 spiro atoms. The molecule has 0 radical (unpaired) electrons. The molecule has 24 heavy (non-hydrogen) atoms. The van der Waals surface area contributed by atoms with E-state index in [9.17, 15) is 22.8 Å². The predicted molar refractivity (Wildman–Crippen MR) is 85.6 cm³/mol. The van der Waals surface area contributed by atoms with Gasteiger partial charge in [-0.2, -0.15) is 13.2 Å². The van der Waals surface area contributed by atoms with Crippen molar-refractivity contribution < 1.29 is 27.5 Å². The van der Waals surface area contributed by atoms with Crippen molar-refractivity contribution >= 4 is 23.1 Å². The van der Waals surface area contributed by atoms with Crippen molar-refractivity contribution in [2.75, 3.05) is 11.9 Å². The Balaban J connectivity index is 3.36. The predicted octanol–water partition coefficient (Wildman–Crippen LogP) is 4.42. The zero-order chi connectivity index (χ0) is 18.7. The molecule has 0 aliphatic heterocycles. The molecule has 0 bridgehead atoms. The SMILES string of the molecule is C=C(c1ccc(C(=O)OCC)cc1NC(=O)C(C)(C)C)C(F)(F)F. The van der Waals surface area contributed by atoms with E-state index < -0.39 is 29.0 Å². The fourth-order valence-electron chi connectivity index (χ4n) is 1.71. The number of amides is 1. The molecule has 0 unspecified atom stereocenters. The van der Waals surface area contributed by atoms with Crippen LogP contribution in [0.25, 0.3) is 5.57 Å². The van der Waals surface area contributed by atoms with Crippen molar-refractivity contribution in [2.24, 2.45) is 5.41 Å². The molecule has 0 aromatic heterocycles. The van der Waals surface area contributed by atoms with Gasteiger partial charge in [0, 0.05) is 16.7 Å². The van der Waals surface area contributed by atoms with Gasteiger partial charge in [0.1, 0.15) is 0 Å². The number of carbonyl (C=O) groups is 2. The van der Waals surface area contributed by atoms with Crippen LogP contribution in [0.2, 0.25) is 0 Å². The maximum Gasteiger partial charge on any atom is 0.416 e. The van der Waals surface area contributed by atoms with Crippen LogP contribution < -0.4 is 5.32 Å². The molecule has 1 aromatic carbocycles. The molecular weight excluding hydrogens is 323 g/mol. The summed E-state index contributed by atoms with van der Waals surface area (Å²) in [6, 6.07) is 3.46. The van der Waals surface area contributed by atoms with E-state index in [1.807, 2.05) is 0 Å². The lowest BCUT2D eigenvalue weighted by Crippen LogP contribution is -2.28. The van der Waals surface area contributed by atoms with E-state index >= 15 is 0 Å². The van der Waals surface area contributed by atoms with Gasteiger partial charge in [0.2, 0.25) is 5.91 Å². The Labute approximate surface area is 138 Å². The summed E-state index contributed by atoms with van der Waals surface area (Å²) in [6.45, 7) is 9.64. The third-order valence-corrected chi connectivity index (χ3v) is 3.13. The Morgan fingerprint density at radius 2 is 1.79 bits per heavy atom. The number of alkyl halides is 3. The van der Waals surface area contributed by atoms with Gasteiger partial charge in [0.15, 0.2) is 0 Å². The topological polar surface area (TPSA) is 55.4 Å². The Morgan fingerprint density at radius 1 is 1.21 bits per heavy atom. The standard InChI is InChI=1S/C17H20F3NO3/c1-6-24-14(22)11-7-8-12(10(2)17(18,19)20)13(9-11)21-15(23)16(3,4)5/h7-9H,2,6H2,1,3-5H3,(H,21,23). The van der Waals surface area contributed by atoms with Gasteiger partial charge in [-0.05, 0) is 19.1 Å². The van der Waals surface area contributed by atoms with E-state index in [2.05, 4.69) is 11.9 Å². The second-order valence-corrected chi connectivity index (χ2v) is 6.16. The summed E-state index contributed by atoms with van der Waals surface area (Å²) in [5.41, 5.74) is -2.32. The zero-order valence-corrected chi connectivity index (χ0v) is 14.0. The number of hydrogen-bond donors (Lipinski definition) is 1. The summed E-state index contributed by atoms with van der Waals surface area (Å²) in [5.74, 6) is -1.17. The first-order chi connectivity index (χ1) is 10.9. The Morgan fingerprint density at radius 3 is 2.25 bits per heavy atom. The van der Waals surface area contributed by atoms with Crippen LogP contribution in [0.15, 0.2) is 24.8 Å². The van der Waals surface area contributed by atoms with Crippen molar-refractivity contribution in [3.05, 3.63) is 35.9 Å². The molecule has 1 amide bonds. The highest BCUT2D eigenvalue weighted by molar-refractivity contribution is 5.99. The van der Waals surface area contributed by atoms with E-state index in [4.69, 9.17) is 4.74 Å². The summed E-state index contributed by atoms with van der Waals surface area (Å²) in [4.78, 5) is 23.9. The lowest BCUT2D eigenvalue weighted by molar-refractivity contribution is -0.123. The molecule has 0 aliphatic rings. The number of nitrogens with one attached hydrogen (secondary N) is 1. The van der Waals surface area contributed by atoms with Gasteiger partial charge in [-0.1, -0.05) is 33.4 Å². The van der Waals surface area contributed by atoms with Crippen LogP contribution in [-0.4, -0.2) is 24.7 Å². The first-order valence-electron chi connectivity index (χ1n) is 7.27. The summed E-state index contributed by atoms with van der Waals surface area (Å²) in [7, 11) is 0. The molecule has 0 atom stereocenters. The van der Waals surface area contributed by atoms with E-state index in [-0.39, 0.29) is 23.4 Å². The van der Waals surface area contributed by atoms with E-state index in [0.717, 1.165) is 12.1 Å². The van der Waals surface area contributed by atoms with Gasteiger partial charge in [-0.3, -0.25) is 4.79 Å². The number of ether oxygens (including phenoxy) is 1. The normalized spacial score (nSPS) is 11.8. The van der Waals surface area contributed by atoms with Crippen molar-refractivity contribution in [3.63, 3.8) is 0 Å². The minimum atomic E-state index is -4.66. The molecule has 0 aliphatic carbocycles. The first-order valence-corrected chi connectivity index (χ1v) is 7.27. The molecule has 4 nitrogen and oxygen atoms in total. The Hall–Kier alpha value is -2.31. The Bertz CT molecular complexity index is 658. The van der Waals surface area contributed by atoms with E-state index in [1.165, 1.54) is 6.07 Å². The van der Waals surface area contributed by atoms with Crippen LogP contribution in [-0.2, 0) is 9.53 Å². The maximum atomic E-state index is 13.0. The van der Waals surface area contributed by atoms with Crippen molar-refractivity contribution in [1.82, 2.24) is 0 Å². The second-order valence-electron chi connectivity index (χ2n) is 6.16. The Kier molecular flexibility index (Phi) is 5.81. The van der Waals surface area contributed by atoms with Crippen LogP contribution in [0.4, 0.5) is 18.9 Å². The average Bonchev–Trinajstić information content (AvgIpc) is 2.44. The first kappa shape index (κ1) is 19.7. The number of rotatable bonds is 4. The third-order valence-electron chi connectivity index (χ3n) is 3.13. The molecule has 7 heteroatoms. The van der Waals surface area contributed by atoms with Gasteiger partial charge in [-0.15, -0.1) is 0 Å². The number of benzene rings is 1. The minimum Gasteiger partial charge on any atom is -0.462 e. The summed E-state index contributed by atoms with van der Waals surface area (Å²) >= 11 is 0. The summed E-state index contributed by atoms with van der Waals surface area (Å²) in [5, 5.41) is 2.43. The fraction of sp³-hybridized carbons (Fsp3) is 0.412. The molecule has 1 aromatic rings. The molecular formula is C17H20F3NO3. The highest BCUT2D eigenvalue weighted by Crippen LogP contribution is 2.37. The molecule has 0 fully saturated rings. The molecule has 0 saturated carbocycles. The highest BCUT2D eigenvalue weighted by Gasteiger charge is 2.35. The number of esters is 1.